The third-order valence-electron chi connectivity index (χ3n) is 4.36. The van der Waals surface area contributed by atoms with E-state index in [9.17, 15) is 10.2 Å². The lowest BCUT2D eigenvalue weighted by Gasteiger charge is -2.27. The van der Waals surface area contributed by atoms with E-state index in [0.717, 1.165) is 5.75 Å². The van der Waals surface area contributed by atoms with Gasteiger partial charge in [-0.1, -0.05) is 30.7 Å². The topological polar surface area (TPSA) is 75.1 Å². The van der Waals surface area contributed by atoms with Gasteiger partial charge in [-0.05, 0) is 30.5 Å². The number of aliphatic hydroxyl groups is 2. The highest BCUT2D eigenvalue weighted by Gasteiger charge is 2.18. The third kappa shape index (κ3) is 7.66. The van der Waals surface area contributed by atoms with Crippen molar-refractivity contribution in [3.63, 3.8) is 0 Å². The fraction of sp³-hybridized carbons (Fsp3) is 0.550. The monoisotopic (exact) mass is 428 g/mol. The molecule has 1 heterocycles. The molecule has 2 atom stereocenters. The van der Waals surface area contributed by atoms with Crippen molar-refractivity contribution in [2.45, 2.75) is 25.9 Å². The molecule has 2 N–H and O–H groups in total. The summed E-state index contributed by atoms with van der Waals surface area (Å²) in [6, 6.07) is 8.02. The molecule has 8 heteroatoms. The van der Waals surface area contributed by atoms with Gasteiger partial charge in [0.1, 0.15) is 18.5 Å². The number of rotatable bonds is 13. The molecule has 0 saturated carbocycles. The minimum absolute atomic E-state index is 0.0316. The van der Waals surface area contributed by atoms with Gasteiger partial charge >= 0.3 is 0 Å². The molecule has 0 aliphatic heterocycles. The molecule has 0 aliphatic rings. The van der Waals surface area contributed by atoms with E-state index in [1.54, 1.807) is 5.38 Å². The third-order valence-corrected chi connectivity index (χ3v) is 5.36. The molecule has 2 aromatic rings. The Labute approximate surface area is 175 Å². The van der Waals surface area contributed by atoms with E-state index in [0.29, 0.717) is 49.6 Å². The number of aliphatic hydroxyl groups excluding tert-OH is 2. The lowest BCUT2D eigenvalue weighted by molar-refractivity contribution is 0.0945. The Morgan fingerprint density at radius 1 is 1.21 bits per heavy atom. The molecule has 28 heavy (non-hydrogen) atoms. The predicted octanol–water partition coefficient (Wildman–Crippen LogP) is 3.34. The molecule has 0 amide bonds. The van der Waals surface area contributed by atoms with Crippen molar-refractivity contribution in [3.05, 3.63) is 45.4 Å². The molecular weight excluding hydrogens is 400 g/mol. The molecule has 2 rings (SSSR count). The fourth-order valence-electron chi connectivity index (χ4n) is 2.90. The maximum absolute atomic E-state index is 10.4. The smallest absolute Gasteiger partial charge is 0.183 e. The van der Waals surface area contributed by atoms with Gasteiger partial charge in [0.25, 0.3) is 0 Å². The number of ether oxygens (including phenoxy) is 2. The van der Waals surface area contributed by atoms with Gasteiger partial charge in [0, 0.05) is 31.6 Å². The lowest BCUT2D eigenvalue weighted by Crippen LogP contribution is -2.34. The van der Waals surface area contributed by atoms with Crippen molar-refractivity contribution in [2.75, 3.05) is 46.1 Å². The van der Waals surface area contributed by atoms with Gasteiger partial charge in [0.15, 0.2) is 4.47 Å². The molecule has 0 fully saturated rings. The van der Waals surface area contributed by atoms with Crippen molar-refractivity contribution in [2.24, 2.45) is 0 Å². The summed E-state index contributed by atoms with van der Waals surface area (Å²) in [7, 11) is 0. The van der Waals surface area contributed by atoms with Crippen molar-refractivity contribution >= 4 is 22.9 Å². The zero-order chi connectivity index (χ0) is 20.4. The highest BCUT2D eigenvalue weighted by atomic mass is 35.5. The van der Waals surface area contributed by atoms with Crippen LogP contribution in [-0.4, -0.2) is 66.2 Å². The van der Waals surface area contributed by atoms with Crippen LogP contribution in [0.5, 0.6) is 5.75 Å². The summed E-state index contributed by atoms with van der Waals surface area (Å²) in [5, 5.41) is 21.5. The summed E-state index contributed by atoms with van der Waals surface area (Å²) in [4.78, 5) is 6.17. The van der Waals surface area contributed by atoms with Crippen molar-refractivity contribution in [1.82, 2.24) is 9.88 Å². The Balaban J connectivity index is 1.89. The highest BCUT2D eigenvalue weighted by molar-refractivity contribution is 7.13. The normalized spacial score (nSPS) is 13.6. The molecule has 0 saturated heterocycles. The molecule has 1 aromatic heterocycles. The first-order valence-corrected chi connectivity index (χ1v) is 10.7. The quantitative estimate of drug-likeness (QED) is 0.476. The Kier molecular flexibility index (Phi) is 10.2. The van der Waals surface area contributed by atoms with E-state index in [1.807, 2.05) is 24.0 Å². The van der Waals surface area contributed by atoms with Crippen LogP contribution < -0.4 is 4.74 Å². The van der Waals surface area contributed by atoms with Crippen LogP contribution in [-0.2, 0) is 4.74 Å². The van der Waals surface area contributed by atoms with Gasteiger partial charge in [-0.2, -0.15) is 0 Å². The zero-order valence-electron chi connectivity index (χ0n) is 16.4. The fourth-order valence-corrected chi connectivity index (χ4v) is 3.72. The number of aromatic nitrogens is 1. The maximum atomic E-state index is 10.4. The molecule has 156 valence electrons. The van der Waals surface area contributed by atoms with Crippen molar-refractivity contribution in [3.8, 4) is 5.75 Å². The minimum Gasteiger partial charge on any atom is -0.491 e. The van der Waals surface area contributed by atoms with Crippen molar-refractivity contribution < 1.29 is 19.7 Å². The summed E-state index contributed by atoms with van der Waals surface area (Å²) in [6.45, 7) is 7.51. The summed E-state index contributed by atoms with van der Waals surface area (Å²) < 4.78 is 11.3. The standard InChI is InChI=1S/C20H29ClN2O4S/c1-3-26-10-11-27-17-6-4-16(5-7-17)15(2)12-23(8-9-24)13-19(25)18-14-28-20(21)22-18/h4-7,14-15,19,24-25H,3,8-13H2,1-2H3. The SMILES string of the molecule is CCOCCOc1ccc(C(C)CN(CCO)CC(O)c2csc(Cl)n2)cc1. The average molecular weight is 429 g/mol. The number of halogens is 1. The maximum Gasteiger partial charge on any atom is 0.183 e. The predicted molar refractivity (Wildman–Crippen MR) is 112 cm³/mol. The highest BCUT2D eigenvalue weighted by Crippen LogP contribution is 2.23. The van der Waals surface area contributed by atoms with E-state index in [4.69, 9.17) is 21.1 Å². The Hall–Kier alpha value is -1.22. The van der Waals surface area contributed by atoms with Crippen LogP contribution in [0.2, 0.25) is 4.47 Å². The summed E-state index contributed by atoms with van der Waals surface area (Å²) >= 11 is 7.15. The first-order chi connectivity index (χ1) is 13.5. The number of nitrogens with zero attached hydrogens (tertiary/aromatic N) is 2. The zero-order valence-corrected chi connectivity index (χ0v) is 18.0. The second-order valence-corrected chi connectivity index (χ2v) is 7.98. The van der Waals surface area contributed by atoms with Gasteiger partial charge < -0.3 is 19.7 Å². The largest absolute Gasteiger partial charge is 0.491 e. The van der Waals surface area contributed by atoms with Gasteiger partial charge in [-0.15, -0.1) is 11.3 Å². The average Bonchev–Trinajstić information content (AvgIpc) is 3.12. The molecule has 0 radical (unpaired) electrons. The minimum atomic E-state index is -0.733. The van der Waals surface area contributed by atoms with Crippen LogP contribution in [0.3, 0.4) is 0 Å². The second-order valence-electron chi connectivity index (χ2n) is 6.54. The Bertz CT molecular complexity index is 683. The van der Waals surface area contributed by atoms with E-state index in [-0.39, 0.29) is 12.5 Å². The summed E-state index contributed by atoms with van der Waals surface area (Å²) in [5.41, 5.74) is 1.74. The van der Waals surface area contributed by atoms with Gasteiger partial charge in [0.2, 0.25) is 0 Å². The van der Waals surface area contributed by atoms with E-state index < -0.39 is 6.10 Å². The second kappa shape index (κ2) is 12.4. The van der Waals surface area contributed by atoms with Gasteiger partial charge in [-0.25, -0.2) is 4.98 Å². The van der Waals surface area contributed by atoms with Crippen LogP contribution in [0, 0.1) is 0 Å². The molecular formula is C20H29ClN2O4S. The van der Waals surface area contributed by atoms with Crippen LogP contribution in [0.4, 0.5) is 0 Å². The lowest BCUT2D eigenvalue weighted by atomic mass is 10.00. The molecule has 0 aliphatic carbocycles. The van der Waals surface area contributed by atoms with Crippen LogP contribution in [0.15, 0.2) is 29.6 Å². The van der Waals surface area contributed by atoms with E-state index >= 15 is 0 Å². The van der Waals surface area contributed by atoms with Crippen LogP contribution in [0.25, 0.3) is 0 Å². The first kappa shape index (κ1) is 23.1. The summed E-state index contributed by atoms with van der Waals surface area (Å²) in [6.07, 6.45) is -0.733. The number of hydrogen-bond acceptors (Lipinski definition) is 7. The first-order valence-electron chi connectivity index (χ1n) is 9.46. The van der Waals surface area contributed by atoms with Crippen LogP contribution in [0.1, 0.15) is 37.1 Å². The van der Waals surface area contributed by atoms with E-state index in [2.05, 4.69) is 24.0 Å². The van der Waals surface area contributed by atoms with Crippen molar-refractivity contribution in [1.29, 1.82) is 0 Å². The number of benzene rings is 1. The molecule has 0 spiro atoms. The number of thiazole rings is 1. The van der Waals surface area contributed by atoms with Crippen LogP contribution >= 0.6 is 22.9 Å². The van der Waals surface area contributed by atoms with Gasteiger partial charge in [0.05, 0.1) is 18.9 Å². The molecule has 1 aromatic carbocycles. The molecule has 2 unspecified atom stereocenters. The van der Waals surface area contributed by atoms with Gasteiger partial charge in [-0.3, -0.25) is 4.90 Å². The molecule has 0 bridgehead atoms. The Morgan fingerprint density at radius 2 is 1.96 bits per heavy atom. The molecule has 6 nitrogen and oxygen atoms in total. The van der Waals surface area contributed by atoms with E-state index in [1.165, 1.54) is 16.9 Å². The number of hydrogen-bond donors (Lipinski definition) is 2. The Morgan fingerprint density at radius 3 is 2.57 bits per heavy atom. The summed E-state index contributed by atoms with van der Waals surface area (Å²) in [5.74, 6) is 1.05.